The van der Waals surface area contributed by atoms with Crippen LogP contribution in [0, 0.1) is 6.07 Å². The maximum atomic E-state index is 11.2. The Hall–Kier alpha value is -1.48. The van der Waals surface area contributed by atoms with Crippen molar-refractivity contribution >= 4 is 30.0 Å². The van der Waals surface area contributed by atoms with Crippen LogP contribution in [0.25, 0.3) is 10.8 Å². The Balaban J connectivity index is 2.90. The van der Waals surface area contributed by atoms with Crippen LogP contribution in [-0.4, -0.2) is 16.1 Å². The van der Waals surface area contributed by atoms with Crippen molar-refractivity contribution in [1.82, 2.24) is 0 Å². The molecule has 0 unspecified atom stereocenters. The van der Waals surface area contributed by atoms with Crippen LogP contribution in [0.15, 0.2) is 30.3 Å². The van der Waals surface area contributed by atoms with Crippen molar-refractivity contribution < 1.29 is 19.1 Å². The summed E-state index contributed by atoms with van der Waals surface area (Å²) < 4.78 is 11.2. The Morgan fingerprint density at radius 3 is 2.56 bits per heavy atom. The van der Waals surface area contributed by atoms with E-state index in [1.54, 1.807) is 24.3 Å². The van der Waals surface area contributed by atoms with Gasteiger partial charge in [-0.3, -0.25) is 9.36 Å². The monoisotopic (exact) mass is 235 g/mol. The molecule has 0 saturated carbocycles. The Bertz CT molecular complexity index is 600. The van der Waals surface area contributed by atoms with Gasteiger partial charge in [0.05, 0.1) is 5.30 Å². The van der Waals surface area contributed by atoms with E-state index in [0.717, 1.165) is 0 Å². The first-order chi connectivity index (χ1) is 7.54. The molecular formula is C11H8O4P. The highest BCUT2D eigenvalue weighted by molar-refractivity contribution is 7.60. The highest BCUT2D eigenvalue weighted by Gasteiger charge is 2.20. The van der Waals surface area contributed by atoms with Crippen LogP contribution in [0.5, 0.6) is 0 Å². The minimum Gasteiger partial charge on any atom is -0.321 e. The number of aldehydes is 1. The first-order valence-electron chi connectivity index (χ1n) is 4.49. The van der Waals surface area contributed by atoms with E-state index in [-0.39, 0.29) is 5.30 Å². The van der Waals surface area contributed by atoms with Crippen LogP contribution in [0.3, 0.4) is 0 Å². The Kier molecular flexibility index (Phi) is 2.64. The molecule has 0 aliphatic carbocycles. The lowest BCUT2D eigenvalue weighted by Crippen LogP contribution is -2.06. The van der Waals surface area contributed by atoms with Gasteiger partial charge in [0.15, 0.2) is 6.29 Å². The zero-order valence-electron chi connectivity index (χ0n) is 8.12. The molecular weight excluding hydrogens is 227 g/mol. The topological polar surface area (TPSA) is 74.6 Å². The van der Waals surface area contributed by atoms with Crippen LogP contribution in [0.1, 0.15) is 10.4 Å². The molecule has 2 rings (SSSR count). The van der Waals surface area contributed by atoms with Crippen molar-refractivity contribution in [3.63, 3.8) is 0 Å². The zero-order valence-corrected chi connectivity index (χ0v) is 9.02. The number of benzene rings is 2. The van der Waals surface area contributed by atoms with Gasteiger partial charge in [0.1, 0.15) is 0 Å². The third-order valence-electron chi connectivity index (χ3n) is 2.28. The molecule has 0 saturated heterocycles. The van der Waals surface area contributed by atoms with E-state index in [1.807, 2.05) is 0 Å². The van der Waals surface area contributed by atoms with Gasteiger partial charge in [0.2, 0.25) is 0 Å². The maximum absolute atomic E-state index is 11.2. The molecule has 0 heterocycles. The van der Waals surface area contributed by atoms with Crippen molar-refractivity contribution in [2.24, 2.45) is 0 Å². The SMILES string of the molecule is O=Cc1cccc2c(P(=O)(O)O)[c]ccc12. The van der Waals surface area contributed by atoms with E-state index in [9.17, 15) is 9.36 Å². The first-order valence-corrected chi connectivity index (χ1v) is 6.10. The van der Waals surface area contributed by atoms with Crippen molar-refractivity contribution in [2.75, 3.05) is 0 Å². The molecule has 4 nitrogen and oxygen atoms in total. The predicted molar refractivity (Wildman–Crippen MR) is 59.8 cm³/mol. The molecule has 2 aromatic carbocycles. The molecule has 0 aromatic heterocycles. The van der Waals surface area contributed by atoms with Gasteiger partial charge in [0, 0.05) is 5.56 Å². The first kappa shape index (κ1) is 11.0. The van der Waals surface area contributed by atoms with Crippen molar-refractivity contribution in [1.29, 1.82) is 0 Å². The zero-order chi connectivity index (χ0) is 11.8. The molecule has 0 amide bonds. The van der Waals surface area contributed by atoms with E-state index in [2.05, 4.69) is 6.07 Å². The fraction of sp³-hybridized carbons (Fsp3) is 0. The molecule has 16 heavy (non-hydrogen) atoms. The molecule has 2 N–H and O–H groups in total. The summed E-state index contributed by atoms with van der Waals surface area (Å²) in [6.07, 6.45) is 0.659. The lowest BCUT2D eigenvalue weighted by molar-refractivity contribution is 0.112. The summed E-state index contributed by atoms with van der Waals surface area (Å²) in [7, 11) is -4.37. The third kappa shape index (κ3) is 1.78. The summed E-state index contributed by atoms with van der Waals surface area (Å²) >= 11 is 0. The molecule has 81 valence electrons. The summed E-state index contributed by atoms with van der Waals surface area (Å²) in [5.74, 6) is 0. The van der Waals surface area contributed by atoms with Gasteiger partial charge in [-0.15, -0.1) is 0 Å². The predicted octanol–water partition coefficient (Wildman–Crippen LogP) is 1.26. The second kappa shape index (κ2) is 3.83. The Labute approximate surface area is 91.7 Å². The normalized spacial score (nSPS) is 11.6. The van der Waals surface area contributed by atoms with Gasteiger partial charge in [-0.05, 0) is 16.8 Å². The van der Waals surface area contributed by atoms with Gasteiger partial charge in [-0.2, -0.15) is 0 Å². The van der Waals surface area contributed by atoms with Gasteiger partial charge < -0.3 is 9.79 Å². The Morgan fingerprint density at radius 1 is 1.19 bits per heavy atom. The minimum atomic E-state index is -4.37. The summed E-state index contributed by atoms with van der Waals surface area (Å²) in [5, 5.41) is 0.712. The molecule has 0 bridgehead atoms. The summed E-state index contributed by atoms with van der Waals surface area (Å²) in [6, 6.07) is 10.3. The highest BCUT2D eigenvalue weighted by atomic mass is 31.2. The van der Waals surface area contributed by atoms with E-state index >= 15 is 0 Å². The molecule has 0 spiro atoms. The lowest BCUT2D eigenvalue weighted by atomic mass is 10.1. The third-order valence-corrected chi connectivity index (χ3v) is 3.24. The van der Waals surface area contributed by atoms with E-state index in [0.29, 0.717) is 22.6 Å². The van der Waals surface area contributed by atoms with Gasteiger partial charge in [-0.1, -0.05) is 30.3 Å². The quantitative estimate of drug-likeness (QED) is 0.607. The smallest absolute Gasteiger partial charge is 0.321 e. The molecule has 2 aromatic rings. The summed E-state index contributed by atoms with van der Waals surface area (Å²) in [4.78, 5) is 29.1. The van der Waals surface area contributed by atoms with E-state index < -0.39 is 7.60 Å². The number of rotatable bonds is 2. The average Bonchev–Trinajstić information content (AvgIpc) is 2.26. The van der Waals surface area contributed by atoms with Crippen LogP contribution in [0.2, 0.25) is 0 Å². The van der Waals surface area contributed by atoms with Crippen LogP contribution in [0.4, 0.5) is 0 Å². The van der Waals surface area contributed by atoms with Crippen molar-refractivity contribution in [3.05, 3.63) is 42.0 Å². The van der Waals surface area contributed by atoms with Crippen LogP contribution < -0.4 is 5.30 Å². The number of hydrogen-bond donors (Lipinski definition) is 2. The van der Waals surface area contributed by atoms with Crippen molar-refractivity contribution in [2.45, 2.75) is 0 Å². The van der Waals surface area contributed by atoms with Crippen molar-refractivity contribution in [3.8, 4) is 0 Å². The van der Waals surface area contributed by atoms with Crippen LogP contribution in [-0.2, 0) is 4.57 Å². The van der Waals surface area contributed by atoms with E-state index in [4.69, 9.17) is 9.79 Å². The van der Waals surface area contributed by atoms with E-state index in [1.165, 1.54) is 6.07 Å². The second-order valence-electron chi connectivity index (χ2n) is 3.30. The summed E-state index contributed by atoms with van der Waals surface area (Å²) in [6.45, 7) is 0. The molecule has 0 fully saturated rings. The number of carbonyl (C=O) groups excluding carboxylic acids is 1. The number of hydrogen-bond acceptors (Lipinski definition) is 2. The van der Waals surface area contributed by atoms with Gasteiger partial charge >= 0.3 is 7.60 Å². The lowest BCUT2D eigenvalue weighted by Gasteiger charge is -2.08. The summed E-state index contributed by atoms with van der Waals surface area (Å²) in [5.41, 5.74) is 0.404. The number of fused-ring (bicyclic) bond motifs is 1. The average molecular weight is 235 g/mol. The minimum absolute atomic E-state index is 0.172. The standard InChI is InChI=1S/C11H8O4P/c12-7-8-3-1-5-10-9(8)4-2-6-11(10)16(13,14)15/h1-5,7H,(H2,13,14,15). The Morgan fingerprint density at radius 2 is 1.94 bits per heavy atom. The molecule has 5 heteroatoms. The maximum Gasteiger partial charge on any atom is 0.357 e. The largest absolute Gasteiger partial charge is 0.357 e. The second-order valence-corrected chi connectivity index (χ2v) is 4.83. The molecule has 0 atom stereocenters. The molecule has 1 radical (unpaired) electrons. The number of carbonyl (C=O) groups is 1. The van der Waals surface area contributed by atoms with Gasteiger partial charge in [0.25, 0.3) is 0 Å². The molecule has 0 aliphatic rings. The molecule has 0 aliphatic heterocycles. The highest BCUT2D eigenvalue weighted by Crippen LogP contribution is 2.36. The fourth-order valence-electron chi connectivity index (χ4n) is 1.60. The van der Waals surface area contributed by atoms with Gasteiger partial charge in [-0.25, -0.2) is 0 Å². The van der Waals surface area contributed by atoms with Crippen LogP contribution >= 0.6 is 7.60 Å². The fourth-order valence-corrected chi connectivity index (χ4v) is 2.35.